The van der Waals surface area contributed by atoms with Crippen LogP contribution >= 0.6 is 22.7 Å². The van der Waals surface area contributed by atoms with Crippen molar-refractivity contribution in [3.63, 3.8) is 0 Å². The minimum absolute atomic E-state index is 0.250. The van der Waals surface area contributed by atoms with E-state index in [1.54, 1.807) is 22.9 Å². The Bertz CT molecular complexity index is 792. The van der Waals surface area contributed by atoms with Gasteiger partial charge in [-0.05, 0) is 35.7 Å². The molecule has 132 valence electrons. The maximum atomic E-state index is 12.5. The average molecular weight is 380 g/mol. The molecule has 2 N–H and O–H groups in total. The molecule has 0 bridgehead atoms. The Labute approximate surface area is 151 Å². The molecule has 25 heavy (non-hydrogen) atoms. The predicted molar refractivity (Wildman–Crippen MR) is 95.5 cm³/mol. The van der Waals surface area contributed by atoms with Crippen LogP contribution in [0.4, 0.5) is 10.0 Å². The van der Waals surface area contributed by atoms with E-state index in [0.717, 1.165) is 6.42 Å². The van der Waals surface area contributed by atoms with Gasteiger partial charge in [-0.3, -0.25) is 9.59 Å². The monoisotopic (exact) mass is 380 g/mol. The van der Waals surface area contributed by atoms with E-state index < -0.39 is 18.0 Å². The average Bonchev–Trinajstić information content (AvgIpc) is 3.35. The first-order valence-corrected chi connectivity index (χ1v) is 9.33. The minimum Gasteiger partial charge on any atom is -0.465 e. The number of carbonyl (C=O) groups excluding carboxylic acids is 3. The molecule has 1 aliphatic heterocycles. The molecule has 0 aliphatic carbocycles. The van der Waals surface area contributed by atoms with Crippen LogP contribution in [-0.4, -0.2) is 37.6 Å². The number of nitrogens with one attached hydrogen (secondary N) is 2. The van der Waals surface area contributed by atoms with Gasteiger partial charge in [0.25, 0.3) is 11.8 Å². The maximum Gasteiger partial charge on any atom is 0.340 e. The SMILES string of the molecule is COC(=O)c1ccsc1NC(=O)c1ccsc1NC(=O)[C@@H]1CCCO1. The van der Waals surface area contributed by atoms with Crippen LogP contribution in [0.25, 0.3) is 0 Å². The molecule has 2 aromatic heterocycles. The van der Waals surface area contributed by atoms with E-state index in [1.165, 1.54) is 29.8 Å². The Hall–Kier alpha value is -2.23. The van der Waals surface area contributed by atoms with E-state index in [9.17, 15) is 14.4 Å². The molecule has 3 rings (SSSR count). The van der Waals surface area contributed by atoms with Crippen molar-refractivity contribution >= 4 is 50.5 Å². The van der Waals surface area contributed by atoms with Gasteiger partial charge in [0.1, 0.15) is 16.1 Å². The molecule has 1 saturated heterocycles. The molecule has 2 amide bonds. The molecule has 1 fully saturated rings. The summed E-state index contributed by atoms with van der Waals surface area (Å²) in [7, 11) is 1.28. The third-order valence-corrected chi connectivity index (χ3v) is 5.33. The van der Waals surface area contributed by atoms with Gasteiger partial charge in [0.15, 0.2) is 0 Å². The number of hydrogen-bond donors (Lipinski definition) is 2. The fraction of sp³-hybridized carbons (Fsp3) is 0.312. The van der Waals surface area contributed by atoms with Crippen LogP contribution in [0.15, 0.2) is 22.9 Å². The van der Waals surface area contributed by atoms with Crippen LogP contribution < -0.4 is 10.6 Å². The number of anilines is 2. The molecule has 0 radical (unpaired) electrons. The summed E-state index contributed by atoms with van der Waals surface area (Å²) >= 11 is 2.48. The molecule has 9 heteroatoms. The summed E-state index contributed by atoms with van der Waals surface area (Å²) in [5.41, 5.74) is 0.626. The lowest BCUT2D eigenvalue weighted by atomic mass is 10.2. The van der Waals surface area contributed by atoms with E-state index in [2.05, 4.69) is 15.4 Å². The van der Waals surface area contributed by atoms with Crippen molar-refractivity contribution in [2.24, 2.45) is 0 Å². The van der Waals surface area contributed by atoms with Crippen LogP contribution in [0, 0.1) is 0 Å². The molecule has 2 aromatic rings. The van der Waals surface area contributed by atoms with E-state index >= 15 is 0 Å². The maximum absolute atomic E-state index is 12.5. The van der Waals surface area contributed by atoms with Crippen LogP contribution in [0.1, 0.15) is 33.6 Å². The molecule has 0 aromatic carbocycles. The lowest BCUT2D eigenvalue weighted by Gasteiger charge is -2.11. The highest BCUT2D eigenvalue weighted by molar-refractivity contribution is 7.15. The Morgan fingerprint density at radius 3 is 2.44 bits per heavy atom. The Kier molecular flexibility index (Phi) is 5.47. The highest BCUT2D eigenvalue weighted by Crippen LogP contribution is 2.28. The van der Waals surface area contributed by atoms with E-state index in [-0.39, 0.29) is 5.91 Å². The fourth-order valence-corrected chi connectivity index (χ4v) is 3.97. The summed E-state index contributed by atoms with van der Waals surface area (Å²) in [6.45, 7) is 0.574. The minimum atomic E-state index is -0.520. The topological polar surface area (TPSA) is 93.7 Å². The summed E-state index contributed by atoms with van der Waals surface area (Å²) in [6.07, 6.45) is 1.06. The second-order valence-corrected chi connectivity index (χ2v) is 7.10. The molecule has 0 spiro atoms. The van der Waals surface area contributed by atoms with Crippen LogP contribution in [-0.2, 0) is 14.3 Å². The number of ether oxygens (including phenoxy) is 2. The van der Waals surface area contributed by atoms with Gasteiger partial charge in [0.05, 0.1) is 18.2 Å². The van der Waals surface area contributed by atoms with Crippen molar-refractivity contribution in [3.05, 3.63) is 34.0 Å². The van der Waals surface area contributed by atoms with Crippen molar-refractivity contribution in [2.45, 2.75) is 18.9 Å². The van der Waals surface area contributed by atoms with Gasteiger partial charge < -0.3 is 20.1 Å². The zero-order chi connectivity index (χ0) is 17.8. The summed E-state index contributed by atoms with van der Waals surface area (Å²) in [4.78, 5) is 36.4. The number of thiophene rings is 2. The Morgan fingerprint density at radius 2 is 1.80 bits per heavy atom. The molecule has 0 saturated carbocycles. The van der Waals surface area contributed by atoms with Crippen molar-refractivity contribution in [1.29, 1.82) is 0 Å². The van der Waals surface area contributed by atoms with E-state index in [0.29, 0.717) is 34.2 Å². The van der Waals surface area contributed by atoms with Gasteiger partial charge in [0, 0.05) is 6.61 Å². The van der Waals surface area contributed by atoms with Crippen LogP contribution in [0.2, 0.25) is 0 Å². The van der Waals surface area contributed by atoms with Gasteiger partial charge in [-0.25, -0.2) is 4.79 Å². The summed E-state index contributed by atoms with van der Waals surface area (Å²) in [6, 6.07) is 3.20. The first-order chi connectivity index (χ1) is 12.1. The number of esters is 1. The molecular formula is C16H16N2O5S2. The highest BCUT2D eigenvalue weighted by Gasteiger charge is 2.26. The van der Waals surface area contributed by atoms with Gasteiger partial charge >= 0.3 is 5.97 Å². The van der Waals surface area contributed by atoms with Crippen molar-refractivity contribution in [2.75, 3.05) is 24.4 Å². The third kappa shape index (κ3) is 3.89. The van der Waals surface area contributed by atoms with Crippen molar-refractivity contribution in [1.82, 2.24) is 0 Å². The normalized spacial score (nSPS) is 16.4. The summed E-state index contributed by atoms with van der Waals surface area (Å²) in [5.74, 6) is -1.18. The lowest BCUT2D eigenvalue weighted by Crippen LogP contribution is -2.27. The number of carbonyl (C=O) groups is 3. The lowest BCUT2D eigenvalue weighted by molar-refractivity contribution is -0.124. The molecular weight excluding hydrogens is 364 g/mol. The first kappa shape index (κ1) is 17.6. The molecule has 3 heterocycles. The van der Waals surface area contributed by atoms with Gasteiger partial charge in [-0.2, -0.15) is 0 Å². The van der Waals surface area contributed by atoms with Crippen molar-refractivity contribution in [3.8, 4) is 0 Å². The van der Waals surface area contributed by atoms with Gasteiger partial charge in [-0.1, -0.05) is 0 Å². The Morgan fingerprint density at radius 1 is 1.12 bits per heavy atom. The first-order valence-electron chi connectivity index (χ1n) is 7.57. The zero-order valence-corrected chi connectivity index (χ0v) is 15.0. The highest BCUT2D eigenvalue weighted by atomic mass is 32.1. The third-order valence-electron chi connectivity index (χ3n) is 3.67. The largest absolute Gasteiger partial charge is 0.465 e. The van der Waals surface area contributed by atoms with Gasteiger partial charge in [0.2, 0.25) is 0 Å². The van der Waals surface area contributed by atoms with Gasteiger partial charge in [-0.15, -0.1) is 22.7 Å². The van der Waals surface area contributed by atoms with Crippen molar-refractivity contribution < 1.29 is 23.9 Å². The Balaban J connectivity index is 1.71. The van der Waals surface area contributed by atoms with Crippen LogP contribution in [0.3, 0.4) is 0 Å². The van der Waals surface area contributed by atoms with E-state index in [1.807, 2.05) is 0 Å². The predicted octanol–water partition coefficient (Wildman–Crippen LogP) is 2.97. The standard InChI is InChI=1S/C16H16N2O5S2/c1-22-16(21)10-5-8-25-15(10)17-12(19)9-4-7-24-14(9)18-13(20)11-3-2-6-23-11/h4-5,7-8,11H,2-3,6H2,1H3,(H,17,19)(H,18,20)/t11-/m0/s1. The summed E-state index contributed by atoms with van der Waals surface area (Å²) in [5, 5.41) is 9.70. The number of hydrogen-bond acceptors (Lipinski definition) is 7. The molecule has 1 atom stereocenters. The number of rotatable bonds is 5. The number of methoxy groups -OCH3 is 1. The second-order valence-electron chi connectivity index (χ2n) is 5.26. The van der Waals surface area contributed by atoms with Crippen LogP contribution in [0.5, 0.6) is 0 Å². The smallest absolute Gasteiger partial charge is 0.340 e. The fourth-order valence-electron chi connectivity index (χ4n) is 2.41. The molecule has 0 unspecified atom stereocenters. The zero-order valence-electron chi connectivity index (χ0n) is 13.4. The van der Waals surface area contributed by atoms with E-state index in [4.69, 9.17) is 4.74 Å². The summed E-state index contributed by atoms with van der Waals surface area (Å²) < 4.78 is 10.0. The number of amides is 2. The second kappa shape index (κ2) is 7.77. The molecule has 7 nitrogen and oxygen atoms in total. The quantitative estimate of drug-likeness (QED) is 0.778. The molecule has 1 aliphatic rings.